The van der Waals surface area contributed by atoms with Crippen molar-refractivity contribution in [1.29, 1.82) is 0 Å². The van der Waals surface area contributed by atoms with Crippen LogP contribution in [0.1, 0.15) is 32.4 Å². The summed E-state index contributed by atoms with van der Waals surface area (Å²) in [5.74, 6) is -0.895. The van der Waals surface area contributed by atoms with Gasteiger partial charge in [0, 0.05) is 18.6 Å². The van der Waals surface area contributed by atoms with E-state index in [1.165, 1.54) is 12.1 Å². The molecule has 1 aliphatic rings. The van der Waals surface area contributed by atoms with E-state index < -0.39 is 17.9 Å². The van der Waals surface area contributed by atoms with Crippen molar-refractivity contribution in [2.24, 2.45) is 0 Å². The quantitative estimate of drug-likeness (QED) is 0.847. The van der Waals surface area contributed by atoms with Gasteiger partial charge in [-0.2, -0.15) is 0 Å². The highest BCUT2D eigenvalue weighted by Gasteiger charge is 2.34. The van der Waals surface area contributed by atoms with Gasteiger partial charge < -0.3 is 15.4 Å². The van der Waals surface area contributed by atoms with Crippen LogP contribution in [0.5, 0.6) is 5.75 Å². The molecule has 0 aromatic heterocycles. The fraction of sp³-hybridized carbons (Fsp3) is 0.529. The van der Waals surface area contributed by atoms with Crippen molar-refractivity contribution < 1.29 is 27.5 Å². The number of alkyl halides is 3. The van der Waals surface area contributed by atoms with Gasteiger partial charge in [-0.25, -0.2) is 0 Å². The van der Waals surface area contributed by atoms with Crippen LogP contribution < -0.4 is 15.4 Å². The molecule has 2 amide bonds. The molecule has 1 saturated heterocycles. The molecule has 1 aromatic rings. The zero-order chi connectivity index (χ0) is 19.5. The lowest BCUT2D eigenvalue weighted by Crippen LogP contribution is -2.54. The smallest absolute Gasteiger partial charge is 0.406 e. The third-order valence-corrected chi connectivity index (χ3v) is 3.60. The summed E-state index contributed by atoms with van der Waals surface area (Å²) >= 11 is 0. The minimum atomic E-state index is -4.78. The van der Waals surface area contributed by atoms with Gasteiger partial charge in [0.25, 0.3) is 0 Å². The Morgan fingerprint density at radius 3 is 2.42 bits per heavy atom. The van der Waals surface area contributed by atoms with Crippen LogP contribution in [-0.2, 0) is 9.59 Å². The maximum atomic E-state index is 12.3. The van der Waals surface area contributed by atoms with Gasteiger partial charge in [-0.15, -0.1) is 13.2 Å². The van der Waals surface area contributed by atoms with E-state index in [1.54, 1.807) is 4.90 Å². The molecular formula is C17H22F3N3O3. The molecule has 6 nitrogen and oxygen atoms in total. The summed E-state index contributed by atoms with van der Waals surface area (Å²) in [6, 6.07) is 4.33. The van der Waals surface area contributed by atoms with E-state index in [1.807, 2.05) is 20.8 Å². The second-order valence-corrected chi connectivity index (χ2v) is 7.08. The van der Waals surface area contributed by atoms with E-state index in [0.29, 0.717) is 18.7 Å². The number of benzene rings is 1. The van der Waals surface area contributed by atoms with Gasteiger partial charge in [0.05, 0.1) is 6.54 Å². The topological polar surface area (TPSA) is 70.7 Å². The maximum Gasteiger partial charge on any atom is 0.573 e. The van der Waals surface area contributed by atoms with E-state index >= 15 is 0 Å². The summed E-state index contributed by atoms with van der Waals surface area (Å²) < 4.78 is 40.6. The third-order valence-electron chi connectivity index (χ3n) is 3.60. The molecule has 2 rings (SSSR count). The highest BCUT2D eigenvalue weighted by molar-refractivity contribution is 5.85. The lowest BCUT2D eigenvalue weighted by molar-refractivity contribution is -0.274. The fourth-order valence-electron chi connectivity index (χ4n) is 2.74. The van der Waals surface area contributed by atoms with Gasteiger partial charge >= 0.3 is 6.36 Å². The monoisotopic (exact) mass is 373 g/mol. The predicted octanol–water partition coefficient (Wildman–Crippen LogP) is 1.97. The second-order valence-electron chi connectivity index (χ2n) is 7.08. The molecule has 2 N–H and O–H groups in total. The summed E-state index contributed by atoms with van der Waals surface area (Å²) in [7, 11) is 0. The minimum Gasteiger partial charge on any atom is -0.406 e. The van der Waals surface area contributed by atoms with Crippen molar-refractivity contribution in [1.82, 2.24) is 15.5 Å². The Labute approximate surface area is 149 Å². The Morgan fingerprint density at radius 2 is 1.88 bits per heavy atom. The average Bonchev–Trinajstić information content (AvgIpc) is 2.45. The van der Waals surface area contributed by atoms with Crippen LogP contribution in [0, 0.1) is 0 Å². The molecule has 0 bridgehead atoms. The second kappa shape index (κ2) is 7.53. The Balaban J connectivity index is 2.15. The van der Waals surface area contributed by atoms with Gasteiger partial charge in [-0.05, 0) is 38.5 Å². The number of rotatable bonds is 4. The fourth-order valence-corrected chi connectivity index (χ4v) is 2.74. The molecule has 0 saturated carbocycles. The number of ether oxygens (including phenoxy) is 1. The molecule has 1 heterocycles. The summed E-state index contributed by atoms with van der Waals surface area (Å²) in [5, 5.41) is 5.54. The summed E-state index contributed by atoms with van der Waals surface area (Å²) in [6.45, 7) is 6.42. The van der Waals surface area contributed by atoms with E-state index in [0.717, 1.165) is 12.1 Å². The van der Waals surface area contributed by atoms with Crippen molar-refractivity contribution in [3.05, 3.63) is 29.8 Å². The molecule has 1 aromatic carbocycles. The highest BCUT2D eigenvalue weighted by atomic mass is 19.4. The van der Waals surface area contributed by atoms with Crippen LogP contribution in [0.3, 0.4) is 0 Å². The molecule has 0 radical (unpaired) electrons. The minimum absolute atomic E-state index is 0.0101. The van der Waals surface area contributed by atoms with Gasteiger partial charge in [0.1, 0.15) is 11.8 Å². The van der Waals surface area contributed by atoms with Crippen LogP contribution >= 0.6 is 0 Å². The number of halogens is 3. The van der Waals surface area contributed by atoms with Gasteiger partial charge in [-0.1, -0.05) is 12.1 Å². The van der Waals surface area contributed by atoms with E-state index in [9.17, 15) is 22.8 Å². The van der Waals surface area contributed by atoms with Gasteiger partial charge in [0.15, 0.2) is 0 Å². The maximum absolute atomic E-state index is 12.3. The van der Waals surface area contributed by atoms with Crippen molar-refractivity contribution >= 4 is 11.8 Å². The van der Waals surface area contributed by atoms with Crippen LogP contribution in [0.2, 0.25) is 0 Å². The Hall–Kier alpha value is -2.29. The molecular weight excluding hydrogens is 351 g/mol. The molecule has 0 aliphatic carbocycles. The number of hydrogen-bond acceptors (Lipinski definition) is 4. The Bertz CT molecular complexity index is 654. The molecule has 144 valence electrons. The van der Waals surface area contributed by atoms with E-state index in [4.69, 9.17) is 0 Å². The lowest BCUT2D eigenvalue weighted by atomic mass is 10.0. The standard InChI is InChI=1S/C17H22F3N3O3/c1-16(2,3)22-13(24)10-23-9-8-21-15(25)14(23)11-4-6-12(7-5-11)26-17(18,19)20/h4-7,14H,8-10H2,1-3H3,(H,21,25)(H,22,24)/t14-/m1/s1. The summed E-state index contributed by atoms with van der Waals surface area (Å²) in [5.41, 5.74) is 0.0848. The first-order chi connectivity index (χ1) is 11.9. The van der Waals surface area contributed by atoms with Crippen LogP contribution in [0.15, 0.2) is 24.3 Å². The number of nitrogens with one attached hydrogen (secondary N) is 2. The van der Waals surface area contributed by atoms with Crippen molar-refractivity contribution in [2.75, 3.05) is 19.6 Å². The first kappa shape index (κ1) is 20.0. The highest BCUT2D eigenvalue weighted by Crippen LogP contribution is 2.27. The number of nitrogens with zero attached hydrogens (tertiary/aromatic N) is 1. The SMILES string of the molecule is CC(C)(C)NC(=O)CN1CCNC(=O)[C@H]1c1ccc(OC(F)(F)F)cc1. The number of piperazine rings is 1. The summed E-state index contributed by atoms with van der Waals surface area (Å²) in [6.07, 6.45) is -4.78. The molecule has 9 heteroatoms. The summed E-state index contributed by atoms with van der Waals surface area (Å²) in [4.78, 5) is 26.2. The van der Waals surface area contributed by atoms with Gasteiger partial charge in [-0.3, -0.25) is 14.5 Å². The number of amides is 2. The lowest BCUT2D eigenvalue weighted by Gasteiger charge is -2.35. The normalized spacial score (nSPS) is 19.0. The van der Waals surface area contributed by atoms with Crippen molar-refractivity contribution in [3.8, 4) is 5.75 Å². The zero-order valence-corrected chi connectivity index (χ0v) is 14.8. The Kier molecular flexibility index (Phi) is 5.80. The predicted molar refractivity (Wildman–Crippen MR) is 88.3 cm³/mol. The third kappa shape index (κ3) is 5.91. The molecule has 26 heavy (non-hydrogen) atoms. The van der Waals surface area contributed by atoms with Crippen LogP contribution in [0.25, 0.3) is 0 Å². The van der Waals surface area contributed by atoms with E-state index in [-0.39, 0.29) is 24.1 Å². The Morgan fingerprint density at radius 1 is 1.27 bits per heavy atom. The van der Waals surface area contributed by atoms with Gasteiger partial charge in [0.2, 0.25) is 11.8 Å². The first-order valence-electron chi connectivity index (χ1n) is 8.13. The largest absolute Gasteiger partial charge is 0.573 e. The van der Waals surface area contributed by atoms with Crippen molar-refractivity contribution in [2.45, 2.75) is 38.7 Å². The zero-order valence-electron chi connectivity index (χ0n) is 14.8. The average molecular weight is 373 g/mol. The molecule has 0 unspecified atom stereocenters. The number of hydrogen-bond donors (Lipinski definition) is 2. The van der Waals surface area contributed by atoms with Crippen molar-refractivity contribution in [3.63, 3.8) is 0 Å². The molecule has 1 atom stereocenters. The molecule has 1 fully saturated rings. The van der Waals surface area contributed by atoms with Crippen LogP contribution in [-0.4, -0.2) is 48.2 Å². The van der Waals surface area contributed by atoms with E-state index in [2.05, 4.69) is 15.4 Å². The molecule has 1 aliphatic heterocycles. The number of carbonyl (C=O) groups is 2. The number of carbonyl (C=O) groups excluding carboxylic acids is 2. The first-order valence-corrected chi connectivity index (χ1v) is 8.13. The molecule has 0 spiro atoms. The van der Waals surface area contributed by atoms with Crippen LogP contribution in [0.4, 0.5) is 13.2 Å².